The average Bonchev–Trinajstić information content (AvgIpc) is 3.11. The highest BCUT2D eigenvalue weighted by Gasteiger charge is 2.27. The molecule has 0 spiro atoms. The summed E-state index contributed by atoms with van der Waals surface area (Å²) in [6.45, 7) is 4.49. The molecule has 0 bridgehead atoms. The van der Waals surface area contributed by atoms with Crippen molar-refractivity contribution in [2.45, 2.75) is 26.3 Å². The van der Waals surface area contributed by atoms with Gasteiger partial charge in [0.25, 0.3) is 0 Å². The lowest BCUT2D eigenvalue weighted by Gasteiger charge is -2.23. The zero-order chi connectivity index (χ0) is 18.8. The zero-order valence-corrected chi connectivity index (χ0v) is 15.4. The molecule has 3 aromatic rings. The molecule has 1 unspecified atom stereocenters. The molecule has 0 fully saturated rings. The molecule has 0 radical (unpaired) electrons. The summed E-state index contributed by atoms with van der Waals surface area (Å²) in [7, 11) is 0. The number of anilines is 2. The van der Waals surface area contributed by atoms with Crippen LogP contribution in [0.25, 0.3) is 11.4 Å². The van der Waals surface area contributed by atoms with Crippen molar-refractivity contribution in [3.8, 4) is 11.4 Å². The lowest BCUT2D eigenvalue weighted by Crippen LogP contribution is -2.40. The van der Waals surface area contributed by atoms with Crippen LogP contribution in [0.1, 0.15) is 18.2 Å². The van der Waals surface area contributed by atoms with E-state index in [9.17, 15) is 4.79 Å². The van der Waals surface area contributed by atoms with Crippen molar-refractivity contribution in [3.05, 3.63) is 66.1 Å². The van der Waals surface area contributed by atoms with Gasteiger partial charge >= 0.3 is 0 Å². The molecule has 2 aromatic heterocycles. The van der Waals surface area contributed by atoms with Crippen molar-refractivity contribution in [2.24, 2.45) is 0 Å². The molecule has 27 heavy (non-hydrogen) atoms. The van der Waals surface area contributed by atoms with E-state index in [0.717, 1.165) is 23.4 Å². The average molecular weight is 359 g/mol. The van der Waals surface area contributed by atoms with Crippen molar-refractivity contribution in [1.82, 2.24) is 15.0 Å². The summed E-state index contributed by atoms with van der Waals surface area (Å²) in [5, 5.41) is 3.24. The summed E-state index contributed by atoms with van der Waals surface area (Å²) in [5.41, 5.74) is 3.90. The van der Waals surface area contributed by atoms with E-state index < -0.39 is 6.04 Å². The van der Waals surface area contributed by atoms with E-state index >= 15 is 0 Å². The van der Waals surface area contributed by atoms with Crippen molar-refractivity contribution in [3.63, 3.8) is 0 Å². The first kappa shape index (κ1) is 17.1. The number of hydrogen-bond donors (Lipinski definition) is 1. The Morgan fingerprint density at radius 1 is 1.19 bits per heavy atom. The number of pyridine rings is 1. The standard InChI is InChI=1S/C21H21N5O/c1-14-12-19(25-20(23-14)17-7-5-10-22-13-17)24-15(2)21(27)26-11-9-16-6-3-4-8-18(16)26/h3-8,10,12-13,15H,9,11H2,1-2H3,(H,23,24,25). The highest BCUT2D eigenvalue weighted by molar-refractivity contribution is 6.00. The third-order valence-electron chi connectivity index (χ3n) is 4.66. The van der Waals surface area contributed by atoms with Gasteiger partial charge in [-0.05, 0) is 44.0 Å². The number of fused-ring (bicyclic) bond motifs is 1. The largest absolute Gasteiger partial charge is 0.358 e. The van der Waals surface area contributed by atoms with E-state index in [1.807, 2.05) is 55.1 Å². The quantitative estimate of drug-likeness (QED) is 0.774. The Morgan fingerprint density at radius 3 is 2.85 bits per heavy atom. The highest BCUT2D eigenvalue weighted by atomic mass is 16.2. The Morgan fingerprint density at radius 2 is 2.04 bits per heavy atom. The number of hydrogen-bond acceptors (Lipinski definition) is 5. The van der Waals surface area contributed by atoms with Crippen molar-refractivity contribution < 1.29 is 4.79 Å². The summed E-state index contributed by atoms with van der Waals surface area (Å²) in [6.07, 6.45) is 4.34. The Labute approximate surface area is 158 Å². The minimum Gasteiger partial charge on any atom is -0.358 e. The second-order valence-corrected chi connectivity index (χ2v) is 6.69. The van der Waals surface area contributed by atoms with Crippen LogP contribution >= 0.6 is 0 Å². The van der Waals surface area contributed by atoms with Crippen LogP contribution in [0, 0.1) is 6.92 Å². The van der Waals surface area contributed by atoms with Crippen LogP contribution in [0.2, 0.25) is 0 Å². The lowest BCUT2D eigenvalue weighted by molar-refractivity contribution is -0.118. The molecule has 1 atom stereocenters. The Balaban J connectivity index is 1.54. The van der Waals surface area contributed by atoms with Crippen LogP contribution in [0.5, 0.6) is 0 Å². The molecule has 1 aliphatic rings. The fraction of sp³-hybridized carbons (Fsp3) is 0.238. The number of carbonyl (C=O) groups excluding carboxylic acids is 1. The van der Waals surface area contributed by atoms with Gasteiger partial charge in [0.1, 0.15) is 11.9 Å². The summed E-state index contributed by atoms with van der Waals surface area (Å²) in [6, 6.07) is 13.3. The fourth-order valence-electron chi connectivity index (χ4n) is 3.35. The molecule has 4 rings (SSSR count). The first-order valence-corrected chi connectivity index (χ1v) is 9.04. The van der Waals surface area contributed by atoms with E-state index in [1.165, 1.54) is 5.56 Å². The predicted molar refractivity (Wildman–Crippen MR) is 106 cm³/mol. The van der Waals surface area contributed by atoms with Gasteiger partial charge in [-0.1, -0.05) is 18.2 Å². The molecule has 0 saturated heterocycles. The van der Waals surface area contributed by atoms with E-state index in [-0.39, 0.29) is 5.91 Å². The van der Waals surface area contributed by atoms with Gasteiger partial charge < -0.3 is 10.2 Å². The second-order valence-electron chi connectivity index (χ2n) is 6.69. The fourth-order valence-corrected chi connectivity index (χ4v) is 3.35. The van der Waals surface area contributed by atoms with E-state index in [2.05, 4.69) is 26.3 Å². The Hall–Kier alpha value is -3.28. The number of aromatic nitrogens is 3. The molecule has 6 heteroatoms. The molecule has 6 nitrogen and oxygen atoms in total. The van der Waals surface area contributed by atoms with E-state index in [1.54, 1.807) is 12.4 Å². The number of amides is 1. The molecule has 0 saturated carbocycles. The normalized spacial score (nSPS) is 13.9. The Bertz CT molecular complexity index is 973. The molecule has 1 aliphatic heterocycles. The van der Waals surface area contributed by atoms with Gasteiger partial charge in [-0.25, -0.2) is 9.97 Å². The monoisotopic (exact) mass is 359 g/mol. The highest BCUT2D eigenvalue weighted by Crippen LogP contribution is 2.28. The van der Waals surface area contributed by atoms with Gasteiger partial charge in [0.15, 0.2) is 5.82 Å². The third kappa shape index (κ3) is 3.51. The van der Waals surface area contributed by atoms with Gasteiger partial charge in [0.2, 0.25) is 5.91 Å². The van der Waals surface area contributed by atoms with Crippen LogP contribution in [-0.2, 0) is 11.2 Å². The van der Waals surface area contributed by atoms with Crippen LogP contribution in [0.15, 0.2) is 54.9 Å². The molecule has 0 aliphatic carbocycles. The zero-order valence-electron chi connectivity index (χ0n) is 15.4. The molecule has 1 N–H and O–H groups in total. The van der Waals surface area contributed by atoms with Crippen LogP contribution in [0.3, 0.4) is 0 Å². The van der Waals surface area contributed by atoms with Crippen LogP contribution < -0.4 is 10.2 Å². The third-order valence-corrected chi connectivity index (χ3v) is 4.66. The lowest BCUT2D eigenvalue weighted by atomic mass is 10.2. The number of para-hydroxylation sites is 1. The molecule has 136 valence electrons. The molecule has 1 aromatic carbocycles. The minimum atomic E-state index is -0.396. The number of rotatable bonds is 4. The summed E-state index contributed by atoms with van der Waals surface area (Å²) < 4.78 is 0. The predicted octanol–water partition coefficient (Wildman–Crippen LogP) is 3.24. The summed E-state index contributed by atoms with van der Waals surface area (Å²) in [4.78, 5) is 28.0. The summed E-state index contributed by atoms with van der Waals surface area (Å²) in [5.74, 6) is 1.27. The van der Waals surface area contributed by atoms with Crippen LogP contribution in [-0.4, -0.2) is 33.4 Å². The first-order chi connectivity index (χ1) is 13.1. The van der Waals surface area contributed by atoms with Crippen molar-refractivity contribution in [1.29, 1.82) is 0 Å². The Kier molecular flexibility index (Phi) is 4.54. The molecule has 3 heterocycles. The summed E-state index contributed by atoms with van der Waals surface area (Å²) >= 11 is 0. The number of benzene rings is 1. The minimum absolute atomic E-state index is 0.0409. The van der Waals surface area contributed by atoms with Gasteiger partial charge in [-0.3, -0.25) is 9.78 Å². The maximum atomic E-state index is 13.0. The second kappa shape index (κ2) is 7.15. The van der Waals surface area contributed by atoms with E-state index in [4.69, 9.17) is 0 Å². The van der Waals surface area contributed by atoms with Gasteiger partial charge in [-0.2, -0.15) is 0 Å². The smallest absolute Gasteiger partial charge is 0.249 e. The van der Waals surface area contributed by atoms with E-state index in [0.29, 0.717) is 18.2 Å². The molecular formula is C21H21N5O. The number of aryl methyl sites for hydroxylation is 1. The van der Waals surface area contributed by atoms with Gasteiger partial charge in [0, 0.05) is 41.9 Å². The maximum absolute atomic E-state index is 13.0. The van der Waals surface area contributed by atoms with Gasteiger partial charge in [0.05, 0.1) is 0 Å². The number of carbonyl (C=O) groups is 1. The number of nitrogens with one attached hydrogen (secondary N) is 1. The number of nitrogens with zero attached hydrogens (tertiary/aromatic N) is 4. The first-order valence-electron chi connectivity index (χ1n) is 9.04. The SMILES string of the molecule is Cc1cc(NC(C)C(=O)N2CCc3ccccc32)nc(-c2cccnc2)n1. The molecular weight excluding hydrogens is 338 g/mol. The molecule has 1 amide bonds. The van der Waals surface area contributed by atoms with Crippen molar-refractivity contribution in [2.75, 3.05) is 16.8 Å². The van der Waals surface area contributed by atoms with Gasteiger partial charge in [-0.15, -0.1) is 0 Å². The van der Waals surface area contributed by atoms with Crippen LogP contribution in [0.4, 0.5) is 11.5 Å². The topological polar surface area (TPSA) is 71.0 Å². The van der Waals surface area contributed by atoms with Crippen molar-refractivity contribution >= 4 is 17.4 Å². The maximum Gasteiger partial charge on any atom is 0.249 e.